The van der Waals surface area contributed by atoms with Gasteiger partial charge >= 0.3 is 0 Å². The molecule has 0 radical (unpaired) electrons. The number of aromatic nitrogens is 2. The molecule has 0 fully saturated rings. The van der Waals surface area contributed by atoms with Crippen LogP contribution in [-0.2, 0) is 12.3 Å². The lowest BCUT2D eigenvalue weighted by Gasteiger charge is -2.13. The third-order valence-corrected chi connectivity index (χ3v) is 6.81. The minimum Gasteiger partial charge on any atom is -0.497 e. The summed E-state index contributed by atoms with van der Waals surface area (Å²) in [5.41, 5.74) is 5.59. The van der Waals surface area contributed by atoms with Gasteiger partial charge in [-0.1, -0.05) is 47.7 Å². The van der Waals surface area contributed by atoms with Crippen LogP contribution in [0.4, 0.5) is 0 Å². The van der Waals surface area contributed by atoms with Crippen LogP contribution < -0.4 is 10.3 Å². The highest BCUT2D eigenvalue weighted by atomic mass is 32.2. The van der Waals surface area contributed by atoms with Crippen LogP contribution in [-0.4, -0.2) is 16.7 Å². The number of thiophene rings is 1. The van der Waals surface area contributed by atoms with Crippen molar-refractivity contribution < 1.29 is 4.74 Å². The number of aryl methyl sites for hydroxylation is 2. The third kappa shape index (κ3) is 4.23. The number of fused-ring (bicyclic) bond motifs is 1. The molecule has 4 aromatic rings. The lowest BCUT2D eigenvalue weighted by atomic mass is 10.1. The maximum Gasteiger partial charge on any atom is 0.272 e. The molecule has 0 saturated carbocycles. The van der Waals surface area contributed by atoms with Crippen LogP contribution in [0.3, 0.4) is 0 Å². The molecule has 0 atom stereocenters. The lowest BCUT2D eigenvalue weighted by Crippen LogP contribution is -2.23. The van der Waals surface area contributed by atoms with Crippen LogP contribution >= 0.6 is 23.1 Å². The van der Waals surface area contributed by atoms with E-state index >= 15 is 0 Å². The summed E-state index contributed by atoms with van der Waals surface area (Å²) in [6.07, 6.45) is 0. The van der Waals surface area contributed by atoms with Gasteiger partial charge in [0.1, 0.15) is 10.4 Å². The maximum absolute atomic E-state index is 13.2. The van der Waals surface area contributed by atoms with Gasteiger partial charge < -0.3 is 4.74 Å². The van der Waals surface area contributed by atoms with Crippen LogP contribution in [0.5, 0.6) is 5.75 Å². The molecule has 0 amide bonds. The molecule has 0 unspecified atom stereocenters. The minimum absolute atomic E-state index is 0.0179. The first-order chi connectivity index (χ1) is 14.0. The van der Waals surface area contributed by atoms with E-state index in [0.717, 1.165) is 27.7 Å². The van der Waals surface area contributed by atoms with Gasteiger partial charge in [-0.25, -0.2) is 4.98 Å². The van der Waals surface area contributed by atoms with E-state index in [0.29, 0.717) is 11.2 Å². The number of nitrogens with zero attached hydrogens (tertiary/aromatic N) is 2. The average molecular weight is 423 g/mol. The second-order valence-electron chi connectivity index (χ2n) is 6.99. The van der Waals surface area contributed by atoms with Gasteiger partial charge in [-0.2, -0.15) is 0 Å². The first-order valence-corrected chi connectivity index (χ1v) is 11.2. The van der Waals surface area contributed by atoms with E-state index in [1.54, 1.807) is 23.4 Å². The fourth-order valence-corrected chi connectivity index (χ4v) is 5.02. The minimum atomic E-state index is 0.0179. The highest BCUT2D eigenvalue weighted by Gasteiger charge is 2.14. The largest absolute Gasteiger partial charge is 0.497 e. The third-order valence-electron chi connectivity index (χ3n) is 4.89. The van der Waals surface area contributed by atoms with Crippen molar-refractivity contribution in [2.75, 3.05) is 7.11 Å². The van der Waals surface area contributed by atoms with Crippen LogP contribution in [0.15, 0.2) is 63.9 Å². The zero-order chi connectivity index (χ0) is 20.4. The highest BCUT2D eigenvalue weighted by molar-refractivity contribution is 7.98. The number of benzene rings is 2. The Morgan fingerprint density at radius 3 is 2.66 bits per heavy atom. The number of rotatable bonds is 6. The molecule has 4 rings (SSSR count). The molecule has 4 nitrogen and oxygen atoms in total. The van der Waals surface area contributed by atoms with Crippen molar-refractivity contribution in [1.29, 1.82) is 0 Å². The summed E-state index contributed by atoms with van der Waals surface area (Å²) in [5, 5.41) is 2.67. The second kappa shape index (κ2) is 8.43. The normalized spacial score (nSPS) is 11.1. The van der Waals surface area contributed by atoms with E-state index in [2.05, 4.69) is 32.0 Å². The molecule has 6 heteroatoms. The standard InChI is InChI=1S/C23H22N2O2S2/c1-15-4-5-16(2)18(12-15)14-29-23-24-20-10-11-28-21(20)22(26)25(23)13-17-6-8-19(27-3)9-7-17/h4-12H,13-14H2,1-3H3. The Morgan fingerprint density at radius 2 is 1.90 bits per heavy atom. The van der Waals surface area contributed by atoms with Gasteiger partial charge in [0.2, 0.25) is 0 Å². The Bertz CT molecular complexity index is 1210. The molecule has 2 heterocycles. The van der Waals surface area contributed by atoms with E-state index in [-0.39, 0.29) is 5.56 Å². The fraction of sp³-hybridized carbons (Fsp3) is 0.217. The molecular formula is C23H22N2O2S2. The molecule has 2 aromatic heterocycles. The van der Waals surface area contributed by atoms with Crippen LogP contribution in [0.2, 0.25) is 0 Å². The lowest BCUT2D eigenvalue weighted by molar-refractivity contribution is 0.414. The SMILES string of the molecule is COc1ccc(Cn2c(SCc3cc(C)ccc3C)nc3ccsc3c2=O)cc1. The zero-order valence-electron chi connectivity index (χ0n) is 16.6. The predicted molar refractivity (Wildman–Crippen MR) is 121 cm³/mol. The fourth-order valence-electron chi connectivity index (χ4n) is 3.18. The predicted octanol–water partition coefficient (Wildman–Crippen LogP) is 5.42. The van der Waals surface area contributed by atoms with Gasteiger partial charge in [-0.05, 0) is 54.1 Å². The van der Waals surface area contributed by atoms with Crippen LogP contribution in [0.1, 0.15) is 22.3 Å². The van der Waals surface area contributed by atoms with Gasteiger partial charge in [0.05, 0.1) is 19.2 Å². The van der Waals surface area contributed by atoms with Gasteiger partial charge in [-0.15, -0.1) is 11.3 Å². The summed E-state index contributed by atoms with van der Waals surface area (Å²) in [6.45, 7) is 4.71. The van der Waals surface area contributed by atoms with Crippen molar-refractivity contribution in [2.24, 2.45) is 0 Å². The Kier molecular flexibility index (Phi) is 5.74. The second-order valence-corrected chi connectivity index (χ2v) is 8.85. The monoisotopic (exact) mass is 422 g/mol. The molecule has 0 bridgehead atoms. The number of methoxy groups -OCH3 is 1. The van der Waals surface area contributed by atoms with E-state index in [9.17, 15) is 4.79 Å². The number of ether oxygens (including phenoxy) is 1. The van der Waals surface area contributed by atoms with Gasteiger partial charge in [-0.3, -0.25) is 9.36 Å². The smallest absolute Gasteiger partial charge is 0.272 e. The number of hydrogen-bond donors (Lipinski definition) is 0. The number of thioether (sulfide) groups is 1. The summed E-state index contributed by atoms with van der Waals surface area (Å²) in [4.78, 5) is 18.0. The summed E-state index contributed by atoms with van der Waals surface area (Å²) in [6, 6.07) is 16.2. The molecular weight excluding hydrogens is 400 g/mol. The first-order valence-electron chi connectivity index (χ1n) is 9.35. The molecule has 0 aliphatic rings. The van der Waals surface area contributed by atoms with E-state index in [1.165, 1.54) is 28.0 Å². The molecule has 29 heavy (non-hydrogen) atoms. The maximum atomic E-state index is 13.2. The Morgan fingerprint density at radius 1 is 1.10 bits per heavy atom. The molecule has 0 spiro atoms. The molecule has 0 saturated heterocycles. The summed E-state index contributed by atoms with van der Waals surface area (Å²) in [7, 11) is 1.65. The van der Waals surface area contributed by atoms with E-state index in [4.69, 9.17) is 9.72 Å². The quantitative estimate of drug-likeness (QED) is 0.307. The molecule has 2 aromatic carbocycles. The molecule has 0 aliphatic carbocycles. The van der Waals surface area contributed by atoms with Crippen molar-refractivity contribution in [3.05, 3.63) is 86.5 Å². The molecule has 148 valence electrons. The Labute approximate surface area is 178 Å². The summed E-state index contributed by atoms with van der Waals surface area (Å²) >= 11 is 3.06. The summed E-state index contributed by atoms with van der Waals surface area (Å²) in [5.74, 6) is 1.58. The topological polar surface area (TPSA) is 44.1 Å². The Hall–Kier alpha value is -2.57. The van der Waals surface area contributed by atoms with Crippen LogP contribution in [0, 0.1) is 13.8 Å². The van der Waals surface area contributed by atoms with Crippen LogP contribution in [0.25, 0.3) is 10.2 Å². The molecule has 0 aliphatic heterocycles. The van der Waals surface area contributed by atoms with Crippen molar-refractivity contribution >= 4 is 33.3 Å². The van der Waals surface area contributed by atoms with Crippen molar-refractivity contribution in [1.82, 2.24) is 9.55 Å². The van der Waals surface area contributed by atoms with Gasteiger partial charge in [0.15, 0.2) is 5.16 Å². The van der Waals surface area contributed by atoms with E-state index in [1.807, 2.05) is 35.7 Å². The Balaban J connectivity index is 1.70. The highest BCUT2D eigenvalue weighted by Crippen LogP contribution is 2.26. The summed E-state index contributed by atoms with van der Waals surface area (Å²) < 4.78 is 7.73. The van der Waals surface area contributed by atoms with Gasteiger partial charge in [0, 0.05) is 5.75 Å². The van der Waals surface area contributed by atoms with E-state index < -0.39 is 0 Å². The first kappa shape index (κ1) is 19.7. The zero-order valence-corrected chi connectivity index (χ0v) is 18.3. The average Bonchev–Trinajstić information content (AvgIpc) is 3.20. The number of hydrogen-bond acceptors (Lipinski definition) is 5. The van der Waals surface area contributed by atoms with Gasteiger partial charge in [0.25, 0.3) is 5.56 Å². The van der Waals surface area contributed by atoms with Crippen molar-refractivity contribution in [3.8, 4) is 5.75 Å². The van der Waals surface area contributed by atoms with Crippen molar-refractivity contribution in [3.63, 3.8) is 0 Å². The molecule has 0 N–H and O–H groups in total. The van der Waals surface area contributed by atoms with Crippen molar-refractivity contribution in [2.45, 2.75) is 31.3 Å².